The maximum Gasteiger partial charge on any atom is 0.323 e. The van der Waals surface area contributed by atoms with Gasteiger partial charge >= 0.3 is 6.03 Å². The Balaban J connectivity index is 1.51. The molecule has 3 N–H and O–H groups in total. The Hall–Kier alpha value is -3.63. The number of nitrogens with one attached hydrogen (secondary N) is 3. The van der Waals surface area contributed by atoms with E-state index in [-0.39, 0.29) is 17.5 Å². The van der Waals surface area contributed by atoms with E-state index in [1.165, 1.54) is 6.92 Å². The third kappa shape index (κ3) is 7.69. The van der Waals surface area contributed by atoms with Gasteiger partial charge in [0.1, 0.15) is 5.82 Å². The summed E-state index contributed by atoms with van der Waals surface area (Å²) < 4.78 is 5.71. The molecular formula is C28H34N6O3S. The molecule has 38 heavy (non-hydrogen) atoms. The van der Waals surface area contributed by atoms with Crippen LogP contribution in [0.2, 0.25) is 0 Å². The number of urea groups is 1. The lowest BCUT2D eigenvalue weighted by Crippen LogP contribution is -2.53. The Kier molecular flexibility index (Phi) is 9.19. The second-order valence-corrected chi connectivity index (χ2v) is 10.7. The van der Waals surface area contributed by atoms with Gasteiger partial charge in [-0.15, -0.1) is 0 Å². The Morgan fingerprint density at radius 1 is 1.03 bits per heavy atom. The standard InChI is InChI=1S/C28H34N6O3S/c1-20(35)29-13-16-38-18-24-17-25(34-14-15-37-19-28(34,2)3)33-26(30-24)21-9-11-23(12-10-21)32-27(36)31-22-7-5-4-6-8-22/h4-12,17H,13-16,18-19H2,1-3H3,(H,29,35)(H2,31,32,36). The number of hydrogen-bond donors (Lipinski definition) is 3. The number of amides is 3. The number of para-hydroxylation sites is 1. The fourth-order valence-corrected chi connectivity index (χ4v) is 4.85. The molecule has 4 rings (SSSR count). The van der Waals surface area contributed by atoms with E-state index >= 15 is 0 Å². The first-order valence-electron chi connectivity index (χ1n) is 12.6. The van der Waals surface area contributed by atoms with Gasteiger partial charge in [-0.1, -0.05) is 18.2 Å². The van der Waals surface area contributed by atoms with Gasteiger partial charge in [-0.25, -0.2) is 14.8 Å². The molecule has 10 heteroatoms. The number of hydrogen-bond acceptors (Lipinski definition) is 7. The third-order valence-corrected chi connectivity index (χ3v) is 6.98. The molecule has 2 aromatic carbocycles. The number of thioether (sulfide) groups is 1. The van der Waals surface area contributed by atoms with E-state index < -0.39 is 0 Å². The molecule has 9 nitrogen and oxygen atoms in total. The van der Waals surface area contributed by atoms with Crippen molar-refractivity contribution in [1.82, 2.24) is 15.3 Å². The Morgan fingerprint density at radius 2 is 1.74 bits per heavy atom. The lowest BCUT2D eigenvalue weighted by atomic mass is 10.0. The predicted molar refractivity (Wildman–Crippen MR) is 154 cm³/mol. The molecule has 1 aromatic heterocycles. The van der Waals surface area contributed by atoms with Gasteiger partial charge in [0.05, 0.1) is 24.4 Å². The molecule has 0 spiro atoms. The van der Waals surface area contributed by atoms with Crippen LogP contribution in [0, 0.1) is 0 Å². The minimum Gasteiger partial charge on any atom is -0.377 e. The lowest BCUT2D eigenvalue weighted by molar-refractivity contribution is -0.118. The SMILES string of the molecule is CC(=O)NCCSCc1cc(N2CCOCC2(C)C)nc(-c2ccc(NC(=O)Nc3ccccc3)cc2)n1. The zero-order chi connectivity index (χ0) is 27.0. The van der Waals surface area contributed by atoms with Crippen molar-refractivity contribution in [2.24, 2.45) is 0 Å². The summed E-state index contributed by atoms with van der Waals surface area (Å²) in [5.74, 6) is 2.96. The van der Waals surface area contributed by atoms with Gasteiger partial charge in [0.15, 0.2) is 5.82 Å². The second kappa shape index (κ2) is 12.7. The van der Waals surface area contributed by atoms with Crippen molar-refractivity contribution in [3.05, 3.63) is 66.4 Å². The third-order valence-electron chi connectivity index (χ3n) is 5.99. The highest BCUT2D eigenvalue weighted by Crippen LogP contribution is 2.29. The molecule has 1 aliphatic heterocycles. The molecule has 0 atom stereocenters. The number of benzene rings is 2. The normalized spacial score (nSPS) is 14.6. The van der Waals surface area contributed by atoms with E-state index in [0.717, 1.165) is 35.1 Å². The molecular weight excluding hydrogens is 500 g/mol. The zero-order valence-electron chi connectivity index (χ0n) is 22.0. The van der Waals surface area contributed by atoms with Gasteiger partial charge in [-0.05, 0) is 50.2 Å². The average molecular weight is 535 g/mol. The highest BCUT2D eigenvalue weighted by molar-refractivity contribution is 7.98. The fraction of sp³-hybridized carbons (Fsp3) is 0.357. The topological polar surface area (TPSA) is 108 Å². The molecule has 0 aliphatic carbocycles. The van der Waals surface area contributed by atoms with Crippen molar-refractivity contribution in [3.8, 4) is 11.4 Å². The summed E-state index contributed by atoms with van der Waals surface area (Å²) in [6.07, 6.45) is 0. The number of anilines is 3. The summed E-state index contributed by atoms with van der Waals surface area (Å²) in [5, 5.41) is 8.50. The molecule has 1 fully saturated rings. The van der Waals surface area contributed by atoms with Crippen molar-refractivity contribution in [2.45, 2.75) is 32.1 Å². The molecule has 0 radical (unpaired) electrons. The van der Waals surface area contributed by atoms with E-state index in [9.17, 15) is 9.59 Å². The van der Waals surface area contributed by atoms with Crippen LogP contribution in [-0.2, 0) is 15.3 Å². The van der Waals surface area contributed by atoms with E-state index in [1.54, 1.807) is 11.8 Å². The Morgan fingerprint density at radius 3 is 2.42 bits per heavy atom. The molecule has 200 valence electrons. The maximum absolute atomic E-state index is 12.4. The highest BCUT2D eigenvalue weighted by Gasteiger charge is 2.32. The van der Waals surface area contributed by atoms with Crippen molar-refractivity contribution in [3.63, 3.8) is 0 Å². The quantitative estimate of drug-likeness (QED) is 0.339. The van der Waals surface area contributed by atoms with E-state index in [2.05, 4.69) is 34.7 Å². The lowest BCUT2D eigenvalue weighted by Gasteiger charge is -2.43. The highest BCUT2D eigenvalue weighted by atomic mass is 32.2. The second-order valence-electron chi connectivity index (χ2n) is 9.62. The number of aromatic nitrogens is 2. The smallest absolute Gasteiger partial charge is 0.323 e. The van der Waals surface area contributed by atoms with Crippen LogP contribution in [0.4, 0.5) is 22.0 Å². The van der Waals surface area contributed by atoms with Crippen molar-refractivity contribution in [1.29, 1.82) is 0 Å². The van der Waals surface area contributed by atoms with Crippen LogP contribution in [0.25, 0.3) is 11.4 Å². The van der Waals surface area contributed by atoms with Crippen LogP contribution in [0.1, 0.15) is 26.5 Å². The van der Waals surface area contributed by atoms with Crippen LogP contribution >= 0.6 is 11.8 Å². The van der Waals surface area contributed by atoms with Crippen LogP contribution in [0.15, 0.2) is 60.7 Å². The van der Waals surface area contributed by atoms with E-state index in [1.807, 2.05) is 60.7 Å². The van der Waals surface area contributed by atoms with Crippen molar-refractivity contribution in [2.75, 3.05) is 47.6 Å². The summed E-state index contributed by atoms with van der Waals surface area (Å²) in [5.41, 5.74) is 2.97. The van der Waals surface area contributed by atoms with Crippen molar-refractivity contribution >= 4 is 40.9 Å². The summed E-state index contributed by atoms with van der Waals surface area (Å²) in [6, 6.07) is 18.5. The van der Waals surface area contributed by atoms with Gasteiger partial charge in [0.25, 0.3) is 0 Å². The average Bonchev–Trinajstić information content (AvgIpc) is 2.89. The first-order chi connectivity index (χ1) is 18.3. The number of carbonyl (C=O) groups excluding carboxylic acids is 2. The van der Waals surface area contributed by atoms with Gasteiger partial charge in [0.2, 0.25) is 5.91 Å². The van der Waals surface area contributed by atoms with Crippen molar-refractivity contribution < 1.29 is 14.3 Å². The number of rotatable bonds is 9. The Bertz CT molecular complexity index is 1240. The van der Waals surface area contributed by atoms with Gasteiger partial charge in [-0.2, -0.15) is 11.8 Å². The number of ether oxygens (including phenoxy) is 1. The Labute approximate surface area is 227 Å². The van der Waals surface area contributed by atoms with E-state index in [0.29, 0.717) is 37.0 Å². The summed E-state index contributed by atoms with van der Waals surface area (Å²) in [6.45, 7) is 8.46. The van der Waals surface area contributed by atoms with Crippen LogP contribution < -0.4 is 20.9 Å². The van der Waals surface area contributed by atoms with E-state index in [4.69, 9.17) is 14.7 Å². The number of nitrogens with zero attached hydrogens (tertiary/aromatic N) is 3. The first kappa shape index (κ1) is 27.4. The largest absolute Gasteiger partial charge is 0.377 e. The number of morpholine rings is 1. The van der Waals surface area contributed by atoms with Crippen LogP contribution in [0.5, 0.6) is 0 Å². The fourth-order valence-electron chi connectivity index (χ4n) is 4.10. The molecule has 3 amide bonds. The predicted octanol–water partition coefficient (Wildman–Crippen LogP) is 4.77. The number of carbonyl (C=O) groups is 2. The zero-order valence-corrected chi connectivity index (χ0v) is 22.8. The summed E-state index contributed by atoms with van der Waals surface area (Å²) in [4.78, 5) is 35.6. The van der Waals surface area contributed by atoms with Gasteiger partial charge in [-0.3, -0.25) is 4.79 Å². The van der Waals surface area contributed by atoms with Gasteiger partial charge in [0, 0.05) is 54.5 Å². The van der Waals surface area contributed by atoms with Crippen LogP contribution in [-0.4, -0.2) is 59.5 Å². The van der Waals surface area contributed by atoms with Crippen LogP contribution in [0.3, 0.4) is 0 Å². The molecule has 0 saturated carbocycles. The molecule has 0 unspecified atom stereocenters. The summed E-state index contributed by atoms with van der Waals surface area (Å²) in [7, 11) is 0. The molecule has 3 aromatic rings. The molecule has 0 bridgehead atoms. The first-order valence-corrected chi connectivity index (χ1v) is 13.7. The monoisotopic (exact) mass is 534 g/mol. The minimum atomic E-state index is -0.310. The molecule has 1 saturated heterocycles. The summed E-state index contributed by atoms with van der Waals surface area (Å²) >= 11 is 1.71. The molecule has 2 heterocycles. The molecule has 1 aliphatic rings. The minimum absolute atomic E-state index is 0.0257. The van der Waals surface area contributed by atoms with Gasteiger partial charge < -0.3 is 25.6 Å². The maximum atomic E-state index is 12.4.